The molecule has 4 nitrogen and oxygen atoms in total. The normalized spacial score (nSPS) is 28.9. The lowest BCUT2D eigenvalue weighted by Gasteiger charge is -2.26. The van der Waals surface area contributed by atoms with Gasteiger partial charge in [0.2, 0.25) is 5.91 Å². The lowest BCUT2D eigenvalue weighted by atomic mass is 9.86. The third-order valence-corrected chi connectivity index (χ3v) is 2.48. The molecule has 0 unspecified atom stereocenters. The summed E-state index contributed by atoms with van der Waals surface area (Å²) in [6.45, 7) is 0. The van der Waals surface area contributed by atoms with E-state index in [9.17, 15) is 4.79 Å². The summed E-state index contributed by atoms with van der Waals surface area (Å²) >= 11 is 0. The first-order valence-corrected chi connectivity index (χ1v) is 4.83. The van der Waals surface area contributed by atoms with Crippen LogP contribution in [0, 0.1) is 5.92 Å². The minimum Gasteiger partial charge on any atom is -0.328 e. The van der Waals surface area contributed by atoms with Crippen molar-refractivity contribution in [3.8, 4) is 0 Å². The van der Waals surface area contributed by atoms with Gasteiger partial charge in [0.1, 0.15) is 0 Å². The van der Waals surface area contributed by atoms with Gasteiger partial charge in [-0.05, 0) is 25.7 Å². The van der Waals surface area contributed by atoms with Crippen molar-refractivity contribution in [1.82, 2.24) is 10.4 Å². The van der Waals surface area contributed by atoms with Crippen LogP contribution >= 0.6 is 0 Å². The summed E-state index contributed by atoms with van der Waals surface area (Å²) in [5.41, 5.74) is 8.54. The Kier molecular flexibility index (Phi) is 3.69. The molecule has 13 heavy (non-hydrogen) atoms. The van der Waals surface area contributed by atoms with E-state index in [1.165, 1.54) is 0 Å². The highest BCUT2D eigenvalue weighted by atomic mass is 16.2. The molecule has 1 aliphatic carbocycles. The molecular formula is C9H19N3O. The highest BCUT2D eigenvalue weighted by Crippen LogP contribution is 2.22. The average molecular weight is 185 g/mol. The van der Waals surface area contributed by atoms with Gasteiger partial charge < -0.3 is 5.73 Å². The number of nitrogens with zero attached hydrogens (tertiary/aromatic N) is 1. The summed E-state index contributed by atoms with van der Waals surface area (Å²) in [5, 5.41) is 1.69. The minimum atomic E-state index is 0.136. The fraction of sp³-hybridized carbons (Fsp3) is 0.889. The molecule has 0 aromatic rings. The van der Waals surface area contributed by atoms with E-state index in [2.05, 4.69) is 5.43 Å². The van der Waals surface area contributed by atoms with E-state index in [1.54, 1.807) is 5.01 Å². The number of amides is 1. The zero-order valence-electron chi connectivity index (χ0n) is 8.42. The molecule has 1 amide bonds. The van der Waals surface area contributed by atoms with Gasteiger partial charge in [0.25, 0.3) is 0 Å². The van der Waals surface area contributed by atoms with E-state index in [4.69, 9.17) is 5.73 Å². The maximum Gasteiger partial charge on any atom is 0.237 e. The van der Waals surface area contributed by atoms with Crippen LogP contribution in [-0.2, 0) is 4.79 Å². The van der Waals surface area contributed by atoms with Crippen LogP contribution in [0.25, 0.3) is 0 Å². The Morgan fingerprint density at radius 1 is 1.31 bits per heavy atom. The first-order chi connectivity index (χ1) is 6.09. The number of nitrogens with two attached hydrogens (primary N) is 1. The fourth-order valence-electron chi connectivity index (χ4n) is 1.69. The van der Waals surface area contributed by atoms with Crippen molar-refractivity contribution in [2.45, 2.75) is 31.7 Å². The van der Waals surface area contributed by atoms with Gasteiger partial charge in [-0.15, -0.1) is 0 Å². The number of carbonyl (C=O) groups excluding carboxylic acids is 1. The van der Waals surface area contributed by atoms with E-state index in [1.807, 2.05) is 14.1 Å². The van der Waals surface area contributed by atoms with Gasteiger partial charge in [-0.1, -0.05) is 0 Å². The van der Waals surface area contributed by atoms with Crippen LogP contribution in [0.15, 0.2) is 0 Å². The van der Waals surface area contributed by atoms with Crippen molar-refractivity contribution in [1.29, 1.82) is 0 Å². The van der Waals surface area contributed by atoms with Crippen LogP contribution in [0.1, 0.15) is 25.7 Å². The number of hydrogen-bond donors (Lipinski definition) is 2. The molecule has 0 atom stereocenters. The van der Waals surface area contributed by atoms with Gasteiger partial charge >= 0.3 is 0 Å². The molecule has 0 aromatic heterocycles. The molecule has 0 bridgehead atoms. The monoisotopic (exact) mass is 185 g/mol. The topological polar surface area (TPSA) is 58.4 Å². The average Bonchev–Trinajstić information content (AvgIpc) is 2.04. The van der Waals surface area contributed by atoms with Crippen LogP contribution in [0.3, 0.4) is 0 Å². The van der Waals surface area contributed by atoms with E-state index in [0.29, 0.717) is 6.04 Å². The summed E-state index contributed by atoms with van der Waals surface area (Å²) in [6.07, 6.45) is 3.82. The first-order valence-electron chi connectivity index (χ1n) is 4.83. The number of rotatable bonds is 2. The molecule has 3 N–H and O–H groups in total. The van der Waals surface area contributed by atoms with Crippen LogP contribution in [0.5, 0.6) is 0 Å². The molecular weight excluding hydrogens is 166 g/mol. The van der Waals surface area contributed by atoms with Crippen molar-refractivity contribution in [3.63, 3.8) is 0 Å². The third kappa shape index (κ3) is 3.32. The Morgan fingerprint density at radius 2 is 1.85 bits per heavy atom. The van der Waals surface area contributed by atoms with Crippen molar-refractivity contribution in [2.75, 3.05) is 14.1 Å². The molecule has 0 radical (unpaired) electrons. The molecule has 76 valence electrons. The number of nitrogens with one attached hydrogen (secondary N) is 1. The fourth-order valence-corrected chi connectivity index (χ4v) is 1.69. The molecule has 1 rings (SSSR count). The van der Waals surface area contributed by atoms with E-state index in [0.717, 1.165) is 25.7 Å². The predicted octanol–water partition coefficient (Wildman–Crippen LogP) is 0.0967. The highest BCUT2D eigenvalue weighted by molar-refractivity contribution is 5.78. The maximum absolute atomic E-state index is 11.5. The number of hydrogen-bond acceptors (Lipinski definition) is 3. The predicted molar refractivity (Wildman–Crippen MR) is 51.8 cm³/mol. The van der Waals surface area contributed by atoms with Crippen LogP contribution in [0.2, 0.25) is 0 Å². The molecule has 0 saturated heterocycles. The molecule has 1 saturated carbocycles. The van der Waals surface area contributed by atoms with Crippen molar-refractivity contribution in [2.24, 2.45) is 11.7 Å². The molecule has 0 heterocycles. The van der Waals surface area contributed by atoms with Crippen molar-refractivity contribution < 1.29 is 4.79 Å². The SMILES string of the molecule is CN(C)NC(=O)C1CCC(N)CC1. The van der Waals surface area contributed by atoms with Gasteiger partial charge in [-0.2, -0.15) is 0 Å². The standard InChI is InChI=1S/C9H19N3O/c1-12(2)11-9(13)7-3-5-8(10)6-4-7/h7-8H,3-6,10H2,1-2H3,(H,11,13). The zero-order valence-corrected chi connectivity index (χ0v) is 8.42. The summed E-state index contributed by atoms with van der Waals surface area (Å²) in [4.78, 5) is 11.5. The summed E-state index contributed by atoms with van der Waals surface area (Å²) < 4.78 is 0. The Hall–Kier alpha value is -0.610. The smallest absolute Gasteiger partial charge is 0.237 e. The van der Waals surface area contributed by atoms with E-state index in [-0.39, 0.29) is 11.8 Å². The molecule has 1 fully saturated rings. The van der Waals surface area contributed by atoms with Gasteiger partial charge in [0.05, 0.1) is 0 Å². The van der Waals surface area contributed by atoms with Gasteiger partial charge in [0, 0.05) is 26.1 Å². The second-order valence-electron chi connectivity index (χ2n) is 3.98. The number of carbonyl (C=O) groups is 1. The van der Waals surface area contributed by atoms with Crippen LogP contribution in [-0.4, -0.2) is 31.1 Å². The van der Waals surface area contributed by atoms with Gasteiger partial charge in [-0.3, -0.25) is 10.2 Å². The molecule has 0 spiro atoms. The van der Waals surface area contributed by atoms with Crippen LogP contribution in [0.4, 0.5) is 0 Å². The van der Waals surface area contributed by atoms with E-state index < -0.39 is 0 Å². The minimum absolute atomic E-state index is 0.136. The highest BCUT2D eigenvalue weighted by Gasteiger charge is 2.24. The summed E-state index contributed by atoms with van der Waals surface area (Å²) in [5.74, 6) is 0.305. The Labute approximate surface area is 79.4 Å². The van der Waals surface area contributed by atoms with Gasteiger partial charge in [0.15, 0.2) is 0 Å². The van der Waals surface area contributed by atoms with E-state index >= 15 is 0 Å². The summed E-state index contributed by atoms with van der Waals surface area (Å²) in [7, 11) is 3.65. The number of hydrazine groups is 1. The Bertz CT molecular complexity index is 174. The van der Waals surface area contributed by atoms with Crippen LogP contribution < -0.4 is 11.2 Å². The Morgan fingerprint density at radius 3 is 2.31 bits per heavy atom. The third-order valence-electron chi connectivity index (χ3n) is 2.48. The quantitative estimate of drug-likeness (QED) is 0.600. The first kappa shape index (κ1) is 10.5. The lowest BCUT2D eigenvalue weighted by Crippen LogP contribution is -2.42. The molecule has 0 aliphatic heterocycles. The van der Waals surface area contributed by atoms with Crippen molar-refractivity contribution in [3.05, 3.63) is 0 Å². The maximum atomic E-state index is 11.5. The van der Waals surface area contributed by atoms with Crippen molar-refractivity contribution >= 4 is 5.91 Å². The Balaban J connectivity index is 2.31. The summed E-state index contributed by atoms with van der Waals surface area (Å²) in [6, 6.07) is 0.309. The molecule has 4 heteroatoms. The lowest BCUT2D eigenvalue weighted by molar-refractivity contribution is -0.129. The second-order valence-corrected chi connectivity index (χ2v) is 3.98. The zero-order chi connectivity index (χ0) is 9.84. The molecule has 1 aliphatic rings. The van der Waals surface area contributed by atoms with Gasteiger partial charge in [-0.25, -0.2) is 5.01 Å². The second kappa shape index (κ2) is 4.58. The largest absolute Gasteiger partial charge is 0.328 e. The molecule has 0 aromatic carbocycles.